The van der Waals surface area contributed by atoms with Crippen molar-refractivity contribution in [2.24, 2.45) is 0 Å². The van der Waals surface area contributed by atoms with Crippen LogP contribution in [0.1, 0.15) is 20.7 Å². The number of nitrogens with one attached hydrogen (secondary N) is 3. The molecule has 0 aromatic heterocycles. The quantitative estimate of drug-likeness (QED) is 0.0259. The third kappa shape index (κ3) is 15.7. The lowest BCUT2D eigenvalue weighted by Crippen LogP contribution is -2.37. The highest BCUT2D eigenvalue weighted by Gasteiger charge is 2.24. The van der Waals surface area contributed by atoms with Crippen LogP contribution in [0.25, 0.3) is 0 Å². The molecule has 0 spiro atoms. The first-order valence-corrected chi connectivity index (χ1v) is 20.2. The molecule has 4 rings (SSSR count). The molecule has 0 aliphatic carbocycles. The summed E-state index contributed by atoms with van der Waals surface area (Å²) in [4.78, 5) is 35.5. The van der Waals surface area contributed by atoms with Gasteiger partial charge in [-0.05, 0) is 116 Å². The maximum absolute atomic E-state index is 14.6. The van der Waals surface area contributed by atoms with Gasteiger partial charge in [0.25, 0.3) is 11.8 Å². The second-order valence-corrected chi connectivity index (χ2v) is 15.2. The van der Waals surface area contributed by atoms with E-state index in [1.807, 2.05) is 0 Å². The third-order valence-corrected chi connectivity index (χ3v) is 9.52. The first kappa shape index (κ1) is 49.7. The lowest BCUT2D eigenvalue weighted by Gasteiger charge is -2.24. The van der Waals surface area contributed by atoms with Crippen LogP contribution in [0.4, 0.5) is 39.0 Å². The first-order chi connectivity index (χ1) is 27.7. The van der Waals surface area contributed by atoms with E-state index in [1.165, 1.54) is 7.11 Å². The largest absolute Gasteiger partial charge is 0.382 e. The average molecular weight is 1150 g/mol. The number of hydroxylamine groups is 2. The Labute approximate surface area is 375 Å². The summed E-state index contributed by atoms with van der Waals surface area (Å²) in [5.74, 6) is -8.78. The Hall–Kier alpha value is -2.65. The van der Waals surface area contributed by atoms with Crippen LogP contribution >= 0.6 is 84.3 Å². The Morgan fingerprint density at radius 3 is 1.79 bits per heavy atom. The Morgan fingerprint density at radius 2 is 1.24 bits per heavy atom. The van der Waals surface area contributed by atoms with Gasteiger partial charge in [0.05, 0.1) is 83.4 Å². The number of methoxy groups -OCH3 is 2. The van der Waals surface area contributed by atoms with Crippen molar-refractivity contribution in [3.63, 3.8) is 0 Å². The molecule has 22 heteroatoms. The van der Waals surface area contributed by atoms with Gasteiger partial charge in [-0.25, -0.2) is 32.3 Å². The summed E-state index contributed by atoms with van der Waals surface area (Å²) in [6.45, 7) is 1.84. The van der Waals surface area contributed by atoms with Crippen molar-refractivity contribution in [2.75, 3.05) is 77.8 Å². The highest BCUT2D eigenvalue weighted by molar-refractivity contribution is 14.1. The van der Waals surface area contributed by atoms with Gasteiger partial charge in [-0.3, -0.25) is 19.9 Å². The van der Waals surface area contributed by atoms with Crippen LogP contribution in [0.5, 0.6) is 0 Å². The zero-order chi connectivity index (χ0) is 42.8. The highest BCUT2D eigenvalue weighted by Crippen LogP contribution is 2.34. The molecule has 4 aromatic carbocycles. The number of benzene rings is 4. The van der Waals surface area contributed by atoms with Crippen LogP contribution in [-0.2, 0) is 28.6 Å². The number of hydrazine groups is 1. The molecule has 0 atom stereocenters. The standard InChI is InChI=1S/C18H17BrClF2IN2O4.C18H17ClF3IN2O4/c1-27-4-5-28-6-7-29-25-18(26)11-9-12(19)15(21)16(22)17(11)24-14-3-2-10(23)8-13(14)20;1-27-4-5-28-6-7-29-25(24-16-3-2-12(23)10-13(16)19)18(26)11-8-14(20)17(22)15(21)9-11/h2-3,8-9,24H,4-7H2,1H3,(H,25,26);2-3,8-10,24H,4-7H2,1H3. The number of halogens is 10. The van der Waals surface area contributed by atoms with Crippen LogP contribution in [-0.4, -0.2) is 84.1 Å². The number of ether oxygens (including phenoxy) is 4. The average Bonchev–Trinajstić information content (AvgIpc) is 3.18. The second kappa shape index (κ2) is 25.9. The number of carbonyl (C=O) groups is 2. The van der Waals surface area contributed by atoms with Gasteiger partial charge in [-0.15, -0.1) is 5.17 Å². The van der Waals surface area contributed by atoms with E-state index < -0.39 is 46.5 Å². The minimum absolute atomic E-state index is 0.0615. The number of amides is 2. The van der Waals surface area contributed by atoms with E-state index in [4.69, 9.17) is 51.8 Å². The summed E-state index contributed by atoms with van der Waals surface area (Å²) in [5, 5.41) is 3.91. The molecule has 0 aliphatic heterocycles. The molecular weight excluding hydrogens is 1120 g/mol. The fourth-order valence-corrected chi connectivity index (χ4v) is 6.40. The Balaban J connectivity index is 0.000000310. The summed E-state index contributed by atoms with van der Waals surface area (Å²) >= 11 is 19.3. The fraction of sp³-hybridized carbons (Fsp3) is 0.278. The van der Waals surface area contributed by atoms with Crippen LogP contribution in [0.2, 0.25) is 10.0 Å². The number of anilines is 3. The zero-order valence-electron chi connectivity index (χ0n) is 30.3. The summed E-state index contributed by atoms with van der Waals surface area (Å²) < 4.78 is 90.5. The van der Waals surface area contributed by atoms with Crippen molar-refractivity contribution in [3.05, 3.63) is 116 Å². The zero-order valence-corrected chi connectivity index (χ0v) is 37.8. The van der Waals surface area contributed by atoms with Crippen molar-refractivity contribution >= 4 is 113 Å². The molecular formula is C36H34BrCl2F5I2N4O8. The monoisotopic (exact) mass is 1150 g/mol. The topological polar surface area (TPSA) is 129 Å². The van der Waals surface area contributed by atoms with E-state index >= 15 is 0 Å². The molecule has 58 heavy (non-hydrogen) atoms. The van der Waals surface area contributed by atoms with Gasteiger partial charge in [0.2, 0.25) is 0 Å². The molecule has 0 radical (unpaired) electrons. The molecule has 3 N–H and O–H groups in total. The van der Waals surface area contributed by atoms with Gasteiger partial charge < -0.3 is 24.3 Å². The molecule has 0 saturated carbocycles. The summed E-state index contributed by atoms with van der Waals surface area (Å²) in [6, 6.07) is 12.2. The van der Waals surface area contributed by atoms with E-state index in [1.54, 1.807) is 43.5 Å². The molecule has 0 aliphatic rings. The van der Waals surface area contributed by atoms with E-state index in [0.29, 0.717) is 55.1 Å². The van der Waals surface area contributed by atoms with Crippen LogP contribution in [0.3, 0.4) is 0 Å². The van der Waals surface area contributed by atoms with Crippen molar-refractivity contribution < 1.29 is 60.2 Å². The Kier molecular flexibility index (Phi) is 22.2. The van der Waals surface area contributed by atoms with Crippen molar-refractivity contribution in [1.29, 1.82) is 0 Å². The minimum atomic E-state index is -1.67. The van der Waals surface area contributed by atoms with Gasteiger partial charge in [-0.2, -0.15) is 0 Å². The minimum Gasteiger partial charge on any atom is -0.382 e. The maximum atomic E-state index is 14.6. The smallest absolute Gasteiger partial charge is 0.297 e. The predicted octanol–water partition coefficient (Wildman–Crippen LogP) is 9.48. The molecule has 0 unspecified atom stereocenters. The highest BCUT2D eigenvalue weighted by atomic mass is 127. The van der Waals surface area contributed by atoms with Crippen LogP contribution < -0.4 is 16.2 Å². The van der Waals surface area contributed by atoms with Crippen molar-refractivity contribution in [1.82, 2.24) is 10.7 Å². The van der Waals surface area contributed by atoms with Gasteiger partial charge in [0.15, 0.2) is 29.1 Å². The van der Waals surface area contributed by atoms with E-state index in [9.17, 15) is 31.5 Å². The Bertz CT molecular complexity index is 1990. The SMILES string of the molecule is COCCOCCON(Nc1ccc(I)cc1Cl)C(=O)c1cc(F)c(F)c(F)c1.COCCOCCONC(=O)c1cc(Br)c(F)c(F)c1Nc1ccc(I)cc1Cl. The third-order valence-electron chi connectivity index (χ3n) is 6.97. The molecule has 0 fully saturated rings. The van der Waals surface area contributed by atoms with E-state index in [-0.39, 0.29) is 52.2 Å². The second-order valence-electron chi connectivity index (χ2n) is 11.1. The summed E-state index contributed by atoms with van der Waals surface area (Å²) in [6.07, 6.45) is 0. The molecule has 0 saturated heterocycles. The number of nitrogens with zero attached hydrogens (tertiary/aromatic N) is 1. The van der Waals surface area contributed by atoms with Gasteiger partial charge in [0, 0.05) is 26.9 Å². The number of rotatable bonds is 20. The predicted molar refractivity (Wildman–Crippen MR) is 227 cm³/mol. The molecule has 0 bridgehead atoms. The molecule has 0 heterocycles. The van der Waals surface area contributed by atoms with Gasteiger partial charge in [-0.1, -0.05) is 23.2 Å². The van der Waals surface area contributed by atoms with Crippen LogP contribution in [0, 0.1) is 36.2 Å². The van der Waals surface area contributed by atoms with Crippen molar-refractivity contribution in [2.45, 2.75) is 0 Å². The molecule has 4 aromatic rings. The lowest BCUT2D eigenvalue weighted by molar-refractivity contribution is -0.121. The van der Waals surface area contributed by atoms with Crippen molar-refractivity contribution in [3.8, 4) is 0 Å². The first-order valence-electron chi connectivity index (χ1n) is 16.5. The van der Waals surface area contributed by atoms with E-state index in [2.05, 4.69) is 77.3 Å². The normalized spacial score (nSPS) is 10.8. The Morgan fingerprint density at radius 1 is 0.707 bits per heavy atom. The maximum Gasteiger partial charge on any atom is 0.297 e. The summed E-state index contributed by atoms with van der Waals surface area (Å²) in [7, 11) is 3.07. The fourth-order valence-electron chi connectivity index (χ4n) is 4.20. The number of hydrogen-bond donors (Lipinski definition) is 3. The summed E-state index contributed by atoms with van der Waals surface area (Å²) in [5.41, 5.74) is 4.43. The number of hydrogen-bond acceptors (Lipinski definition) is 10. The molecule has 316 valence electrons. The van der Waals surface area contributed by atoms with Crippen LogP contribution in [0.15, 0.2) is 59.1 Å². The van der Waals surface area contributed by atoms with E-state index in [0.717, 1.165) is 13.2 Å². The molecule has 12 nitrogen and oxygen atoms in total. The van der Waals surface area contributed by atoms with Gasteiger partial charge >= 0.3 is 0 Å². The van der Waals surface area contributed by atoms with Gasteiger partial charge in [0.1, 0.15) is 6.61 Å². The molecule has 2 amide bonds. The lowest BCUT2D eigenvalue weighted by atomic mass is 10.1. The number of carbonyl (C=O) groups excluding carboxylic acids is 2.